The molecule has 1 aromatic carbocycles. The van der Waals surface area contributed by atoms with Gasteiger partial charge in [0.25, 0.3) is 0 Å². The zero-order chi connectivity index (χ0) is 13.9. The van der Waals surface area contributed by atoms with Crippen molar-refractivity contribution in [2.24, 2.45) is 4.99 Å². The third-order valence-electron chi connectivity index (χ3n) is 3.12. The van der Waals surface area contributed by atoms with Crippen LogP contribution >= 0.6 is 0 Å². The highest BCUT2D eigenvalue weighted by Crippen LogP contribution is 2.02. The Bertz CT molecular complexity index is 368. The Morgan fingerprint density at radius 2 is 1.74 bits per heavy atom. The lowest BCUT2D eigenvalue weighted by Crippen LogP contribution is -2.38. The molecule has 0 aliphatic rings. The van der Waals surface area contributed by atoms with Gasteiger partial charge in [-0.15, -0.1) is 0 Å². The Morgan fingerprint density at radius 1 is 1.05 bits per heavy atom. The molecule has 0 saturated heterocycles. The molecule has 0 aliphatic carbocycles. The van der Waals surface area contributed by atoms with Crippen LogP contribution in [0.2, 0.25) is 0 Å². The van der Waals surface area contributed by atoms with Gasteiger partial charge < -0.3 is 10.6 Å². The van der Waals surface area contributed by atoms with Crippen molar-refractivity contribution < 1.29 is 0 Å². The Hall–Kier alpha value is -1.51. The molecular weight excluding hydrogens is 234 g/mol. The summed E-state index contributed by atoms with van der Waals surface area (Å²) >= 11 is 0. The summed E-state index contributed by atoms with van der Waals surface area (Å²) in [4.78, 5) is 4.23. The summed E-state index contributed by atoms with van der Waals surface area (Å²) in [7, 11) is 1.82. The highest BCUT2D eigenvalue weighted by molar-refractivity contribution is 5.79. The molecule has 0 fully saturated rings. The second kappa shape index (κ2) is 9.42. The normalized spacial score (nSPS) is 11.4. The number of rotatable bonds is 7. The van der Waals surface area contributed by atoms with E-state index in [4.69, 9.17) is 0 Å². The summed E-state index contributed by atoms with van der Waals surface area (Å²) in [5.41, 5.74) is 2.67. The Kier molecular flexibility index (Phi) is 7.71. The van der Waals surface area contributed by atoms with Gasteiger partial charge in [0.2, 0.25) is 0 Å². The highest BCUT2D eigenvalue weighted by Gasteiger charge is 1.97. The smallest absolute Gasteiger partial charge is 0.190 e. The maximum atomic E-state index is 4.23. The number of nitrogens with one attached hydrogen (secondary N) is 2. The molecule has 0 heterocycles. The molecule has 0 saturated carbocycles. The van der Waals surface area contributed by atoms with Crippen molar-refractivity contribution in [3.63, 3.8) is 0 Å². The van der Waals surface area contributed by atoms with Crippen molar-refractivity contribution in [1.29, 1.82) is 0 Å². The topological polar surface area (TPSA) is 36.4 Å². The molecule has 0 aromatic heterocycles. The number of benzene rings is 1. The van der Waals surface area contributed by atoms with Gasteiger partial charge in [0, 0.05) is 20.1 Å². The Labute approximate surface area is 117 Å². The van der Waals surface area contributed by atoms with Gasteiger partial charge in [-0.1, -0.05) is 49.6 Å². The number of aliphatic imine (C=N–C) groups is 1. The lowest BCUT2D eigenvalue weighted by Gasteiger charge is -2.11. The van der Waals surface area contributed by atoms with Crippen LogP contribution < -0.4 is 10.6 Å². The Balaban J connectivity index is 2.20. The van der Waals surface area contributed by atoms with Crippen LogP contribution in [0.15, 0.2) is 29.3 Å². The van der Waals surface area contributed by atoms with Crippen LogP contribution in [0.25, 0.3) is 0 Å². The van der Waals surface area contributed by atoms with Crippen LogP contribution in [-0.2, 0) is 6.42 Å². The van der Waals surface area contributed by atoms with Gasteiger partial charge in [0.15, 0.2) is 5.96 Å². The van der Waals surface area contributed by atoms with Gasteiger partial charge in [0.05, 0.1) is 0 Å². The van der Waals surface area contributed by atoms with Crippen molar-refractivity contribution in [3.8, 4) is 0 Å². The molecule has 0 spiro atoms. The zero-order valence-corrected chi connectivity index (χ0v) is 12.5. The van der Waals surface area contributed by atoms with Crippen LogP contribution in [-0.4, -0.2) is 26.1 Å². The predicted molar refractivity (Wildman–Crippen MR) is 83.8 cm³/mol. The number of hydrogen-bond acceptors (Lipinski definition) is 1. The van der Waals surface area contributed by atoms with Gasteiger partial charge in [-0.05, 0) is 25.3 Å². The van der Waals surface area contributed by atoms with Crippen molar-refractivity contribution in [2.75, 3.05) is 20.1 Å². The summed E-state index contributed by atoms with van der Waals surface area (Å²) in [6, 6.07) is 8.70. The van der Waals surface area contributed by atoms with Gasteiger partial charge in [0.1, 0.15) is 0 Å². The molecule has 2 N–H and O–H groups in total. The first-order valence-corrected chi connectivity index (χ1v) is 7.26. The highest BCUT2D eigenvalue weighted by atomic mass is 15.2. The van der Waals surface area contributed by atoms with E-state index in [1.54, 1.807) is 0 Å². The molecule has 0 atom stereocenters. The van der Waals surface area contributed by atoms with E-state index in [0.717, 1.165) is 25.5 Å². The predicted octanol–water partition coefficient (Wildman–Crippen LogP) is 2.89. The van der Waals surface area contributed by atoms with Crippen molar-refractivity contribution in [2.45, 2.75) is 39.5 Å². The molecular formula is C16H27N3. The van der Waals surface area contributed by atoms with E-state index in [0.29, 0.717) is 0 Å². The zero-order valence-electron chi connectivity index (χ0n) is 12.5. The molecule has 1 rings (SSSR count). The van der Waals surface area contributed by atoms with Crippen LogP contribution in [0.3, 0.4) is 0 Å². The average molecular weight is 261 g/mol. The number of nitrogens with zero attached hydrogens (tertiary/aromatic N) is 1. The first-order chi connectivity index (χ1) is 9.26. The fourth-order valence-electron chi connectivity index (χ4n) is 1.88. The van der Waals surface area contributed by atoms with Crippen LogP contribution in [0.5, 0.6) is 0 Å². The van der Waals surface area contributed by atoms with Crippen molar-refractivity contribution >= 4 is 5.96 Å². The van der Waals surface area contributed by atoms with Crippen LogP contribution in [0.4, 0.5) is 0 Å². The first kappa shape index (κ1) is 15.5. The maximum Gasteiger partial charge on any atom is 0.190 e. The van der Waals surface area contributed by atoms with Gasteiger partial charge in [-0.25, -0.2) is 0 Å². The van der Waals surface area contributed by atoms with E-state index in [2.05, 4.69) is 53.7 Å². The fourth-order valence-corrected chi connectivity index (χ4v) is 1.88. The summed E-state index contributed by atoms with van der Waals surface area (Å²) in [5.74, 6) is 0.906. The minimum atomic E-state index is 0.906. The minimum Gasteiger partial charge on any atom is -0.356 e. The molecule has 19 heavy (non-hydrogen) atoms. The molecule has 3 nitrogen and oxygen atoms in total. The number of unbranched alkanes of at least 4 members (excludes halogenated alkanes) is 2. The van der Waals surface area contributed by atoms with Crippen molar-refractivity contribution in [1.82, 2.24) is 10.6 Å². The lowest BCUT2D eigenvalue weighted by molar-refractivity contribution is 0.682. The summed E-state index contributed by atoms with van der Waals surface area (Å²) < 4.78 is 0. The molecule has 0 bridgehead atoms. The largest absolute Gasteiger partial charge is 0.356 e. The Morgan fingerprint density at radius 3 is 2.37 bits per heavy atom. The van der Waals surface area contributed by atoms with Crippen molar-refractivity contribution in [3.05, 3.63) is 35.4 Å². The average Bonchev–Trinajstić information content (AvgIpc) is 2.43. The van der Waals surface area contributed by atoms with Gasteiger partial charge >= 0.3 is 0 Å². The third-order valence-corrected chi connectivity index (χ3v) is 3.12. The second-order valence-corrected chi connectivity index (χ2v) is 4.87. The maximum absolute atomic E-state index is 4.23. The van der Waals surface area contributed by atoms with Crippen LogP contribution in [0, 0.1) is 6.92 Å². The van der Waals surface area contributed by atoms with Gasteiger partial charge in [-0.3, -0.25) is 4.99 Å². The van der Waals surface area contributed by atoms with E-state index < -0.39 is 0 Å². The number of guanidine groups is 1. The molecule has 3 heteroatoms. The SMILES string of the molecule is CCCCCNC(=NC)NCCc1ccc(C)cc1. The fraction of sp³-hybridized carbons (Fsp3) is 0.562. The monoisotopic (exact) mass is 261 g/mol. The van der Waals surface area contributed by atoms with Gasteiger partial charge in [-0.2, -0.15) is 0 Å². The van der Waals surface area contributed by atoms with E-state index in [9.17, 15) is 0 Å². The molecule has 1 aromatic rings. The first-order valence-electron chi connectivity index (χ1n) is 7.26. The number of hydrogen-bond donors (Lipinski definition) is 2. The third kappa shape index (κ3) is 6.85. The standard InChI is InChI=1S/C16H27N3/c1-4-5-6-12-18-16(17-3)19-13-11-15-9-7-14(2)8-10-15/h7-10H,4-6,11-13H2,1-3H3,(H2,17,18,19). The molecule has 106 valence electrons. The lowest BCUT2D eigenvalue weighted by atomic mass is 10.1. The minimum absolute atomic E-state index is 0.906. The summed E-state index contributed by atoms with van der Waals surface area (Å²) in [6.45, 7) is 6.24. The molecule has 0 aliphatic heterocycles. The van der Waals surface area contributed by atoms with Crippen LogP contribution in [0.1, 0.15) is 37.3 Å². The van der Waals surface area contributed by atoms with E-state index in [-0.39, 0.29) is 0 Å². The van der Waals surface area contributed by atoms with E-state index in [1.165, 1.54) is 30.4 Å². The summed E-state index contributed by atoms with van der Waals surface area (Å²) in [5, 5.41) is 6.69. The molecule has 0 radical (unpaired) electrons. The summed E-state index contributed by atoms with van der Waals surface area (Å²) in [6.07, 6.45) is 4.75. The molecule has 0 unspecified atom stereocenters. The second-order valence-electron chi connectivity index (χ2n) is 4.87. The molecule has 0 amide bonds. The quantitative estimate of drug-likeness (QED) is 0.450. The van der Waals surface area contributed by atoms with E-state index in [1.807, 2.05) is 7.05 Å². The van der Waals surface area contributed by atoms with E-state index >= 15 is 0 Å². The number of aryl methyl sites for hydroxylation is 1.